The van der Waals surface area contributed by atoms with Crippen molar-refractivity contribution >= 4 is 11.7 Å². The number of nitroso groups, excluding NO2 is 1. The Hall–Kier alpha value is -2.94. The molecule has 1 aliphatic heterocycles. The average Bonchev–Trinajstić information content (AvgIpc) is 2.83. The van der Waals surface area contributed by atoms with Crippen LogP contribution in [0.3, 0.4) is 0 Å². The predicted molar refractivity (Wildman–Crippen MR) is 125 cm³/mol. The monoisotopic (exact) mass is 477 g/mol. The summed E-state index contributed by atoms with van der Waals surface area (Å²) in [6.07, 6.45) is -1.31. The fourth-order valence-electron chi connectivity index (χ4n) is 4.22. The van der Waals surface area contributed by atoms with Crippen molar-refractivity contribution in [3.8, 4) is 0 Å². The number of anilines is 1. The summed E-state index contributed by atoms with van der Waals surface area (Å²) in [7, 11) is 0. The lowest BCUT2D eigenvalue weighted by Gasteiger charge is -2.36. The fourth-order valence-corrected chi connectivity index (χ4v) is 4.22. The molecular formula is C25H30F3N3O3. The van der Waals surface area contributed by atoms with E-state index < -0.39 is 23.8 Å². The van der Waals surface area contributed by atoms with Gasteiger partial charge < -0.3 is 10.0 Å². The fraction of sp³-hybridized carbons (Fsp3) is 0.480. The normalized spacial score (nSPS) is 15.8. The van der Waals surface area contributed by atoms with Crippen LogP contribution in [0.25, 0.3) is 0 Å². The van der Waals surface area contributed by atoms with E-state index in [2.05, 4.69) is 10.1 Å². The Morgan fingerprint density at radius 3 is 2.35 bits per heavy atom. The van der Waals surface area contributed by atoms with Gasteiger partial charge in [0.1, 0.15) is 6.04 Å². The number of hydrogen-bond acceptors (Lipinski definition) is 5. The third-order valence-electron chi connectivity index (χ3n) is 6.22. The van der Waals surface area contributed by atoms with Gasteiger partial charge in [0.2, 0.25) is 0 Å². The highest BCUT2D eigenvalue weighted by Gasteiger charge is 2.31. The molecule has 0 amide bonds. The van der Waals surface area contributed by atoms with E-state index in [0.717, 1.165) is 56.1 Å². The van der Waals surface area contributed by atoms with Crippen LogP contribution in [0.5, 0.6) is 0 Å². The van der Waals surface area contributed by atoms with E-state index in [9.17, 15) is 22.9 Å². The van der Waals surface area contributed by atoms with E-state index in [1.54, 1.807) is 6.07 Å². The molecule has 0 aliphatic carbocycles. The Morgan fingerprint density at radius 2 is 1.74 bits per heavy atom. The van der Waals surface area contributed by atoms with Gasteiger partial charge in [-0.3, -0.25) is 9.69 Å². The van der Waals surface area contributed by atoms with Crippen molar-refractivity contribution < 1.29 is 23.1 Å². The smallest absolute Gasteiger partial charge is 0.416 e. The summed E-state index contributed by atoms with van der Waals surface area (Å²) >= 11 is 0. The molecule has 6 nitrogen and oxygen atoms in total. The van der Waals surface area contributed by atoms with Gasteiger partial charge in [0.15, 0.2) is 0 Å². The highest BCUT2D eigenvalue weighted by molar-refractivity contribution is 5.66. The van der Waals surface area contributed by atoms with Crippen molar-refractivity contribution in [2.45, 2.75) is 44.3 Å². The molecule has 2 aromatic rings. The molecule has 0 radical (unpaired) electrons. The molecule has 0 bridgehead atoms. The Bertz CT molecular complexity index is 942. The molecule has 184 valence electrons. The van der Waals surface area contributed by atoms with Crippen molar-refractivity contribution in [3.05, 3.63) is 70.1 Å². The van der Waals surface area contributed by atoms with Gasteiger partial charge in [-0.25, -0.2) is 0 Å². The van der Waals surface area contributed by atoms with Crippen LogP contribution in [0.2, 0.25) is 0 Å². The van der Waals surface area contributed by atoms with Crippen LogP contribution in [0.1, 0.15) is 48.4 Å². The van der Waals surface area contributed by atoms with E-state index in [0.29, 0.717) is 18.8 Å². The number of rotatable bonds is 11. The molecule has 9 heteroatoms. The topological polar surface area (TPSA) is 73.2 Å². The summed E-state index contributed by atoms with van der Waals surface area (Å²) in [5.74, 6) is -0.942. The quantitative estimate of drug-likeness (QED) is 0.341. The summed E-state index contributed by atoms with van der Waals surface area (Å²) in [4.78, 5) is 26.1. The number of carbonyl (C=O) groups is 1. The number of carboxylic acids is 1. The third kappa shape index (κ3) is 7.55. The lowest BCUT2D eigenvalue weighted by atomic mass is 9.99. The van der Waals surface area contributed by atoms with Gasteiger partial charge >= 0.3 is 12.1 Å². The summed E-state index contributed by atoms with van der Waals surface area (Å²) in [6, 6.07) is 12.5. The number of unbranched alkanes of at least 4 members (excludes halogenated alkanes) is 1. The van der Waals surface area contributed by atoms with E-state index in [4.69, 9.17) is 5.11 Å². The minimum atomic E-state index is -4.33. The third-order valence-corrected chi connectivity index (χ3v) is 6.22. The zero-order valence-corrected chi connectivity index (χ0v) is 19.0. The van der Waals surface area contributed by atoms with Gasteiger partial charge in [-0.05, 0) is 61.6 Å². The number of hydrogen-bond donors (Lipinski definition) is 1. The molecule has 34 heavy (non-hydrogen) atoms. The summed E-state index contributed by atoms with van der Waals surface area (Å²) in [5.41, 5.74) is 1.89. The summed E-state index contributed by atoms with van der Waals surface area (Å²) < 4.78 is 38.9. The molecule has 0 spiro atoms. The molecule has 1 fully saturated rings. The maximum Gasteiger partial charge on any atom is 0.416 e. The molecule has 1 atom stereocenters. The largest absolute Gasteiger partial charge is 0.481 e. The number of aliphatic carboxylic acids is 1. The van der Waals surface area contributed by atoms with Crippen molar-refractivity contribution in [2.24, 2.45) is 5.18 Å². The van der Waals surface area contributed by atoms with Crippen LogP contribution in [0, 0.1) is 4.91 Å². The standard InChI is InChI=1S/C25H30F3N3O3/c26-25(27,28)21-5-3-6-22(18-21)31-16-14-30(15-17-31)13-2-1-4-19-7-9-20(10-8-19)23(29-34)11-12-24(32)33/h3,5-10,18,23H,1-2,4,11-17H2,(H,32,33). The number of alkyl halides is 3. The van der Waals surface area contributed by atoms with E-state index in [1.165, 1.54) is 12.1 Å². The second-order valence-corrected chi connectivity index (χ2v) is 8.63. The average molecular weight is 478 g/mol. The van der Waals surface area contributed by atoms with Crippen molar-refractivity contribution in [3.63, 3.8) is 0 Å². The van der Waals surface area contributed by atoms with Gasteiger partial charge in [-0.1, -0.05) is 35.5 Å². The maximum absolute atomic E-state index is 13.0. The second kappa shape index (κ2) is 12.0. The highest BCUT2D eigenvalue weighted by atomic mass is 19.4. The molecule has 1 heterocycles. The van der Waals surface area contributed by atoms with Gasteiger partial charge in [-0.15, -0.1) is 0 Å². The minimum absolute atomic E-state index is 0.0909. The van der Waals surface area contributed by atoms with Gasteiger partial charge in [0, 0.05) is 38.3 Å². The number of aryl methyl sites for hydroxylation is 1. The van der Waals surface area contributed by atoms with E-state index in [-0.39, 0.29) is 12.8 Å². The molecule has 3 rings (SSSR count). The molecule has 1 saturated heterocycles. The van der Waals surface area contributed by atoms with Crippen molar-refractivity contribution in [1.82, 2.24) is 4.90 Å². The van der Waals surface area contributed by atoms with Crippen LogP contribution >= 0.6 is 0 Å². The van der Waals surface area contributed by atoms with Crippen LogP contribution in [0.15, 0.2) is 53.7 Å². The first-order valence-corrected chi connectivity index (χ1v) is 11.5. The zero-order valence-electron chi connectivity index (χ0n) is 19.0. The maximum atomic E-state index is 13.0. The highest BCUT2D eigenvalue weighted by Crippen LogP contribution is 2.32. The lowest BCUT2D eigenvalue weighted by Crippen LogP contribution is -2.46. The summed E-state index contributed by atoms with van der Waals surface area (Å²) in [6.45, 7) is 4.00. The molecule has 0 aromatic heterocycles. The number of halogens is 3. The molecule has 1 unspecified atom stereocenters. The van der Waals surface area contributed by atoms with Crippen LogP contribution in [0.4, 0.5) is 18.9 Å². The lowest BCUT2D eigenvalue weighted by molar-refractivity contribution is -0.138. The number of benzene rings is 2. The van der Waals surface area contributed by atoms with Crippen molar-refractivity contribution in [2.75, 3.05) is 37.6 Å². The van der Waals surface area contributed by atoms with Gasteiger partial charge in [0.05, 0.1) is 5.56 Å². The Morgan fingerprint density at radius 1 is 1.03 bits per heavy atom. The number of nitrogens with zero attached hydrogens (tertiary/aromatic N) is 3. The predicted octanol–water partition coefficient (Wildman–Crippen LogP) is 5.52. The Balaban J connectivity index is 1.38. The number of carboxylic acid groups (broad SMARTS) is 1. The Labute approximate surface area is 197 Å². The zero-order chi connectivity index (χ0) is 24.6. The molecular weight excluding hydrogens is 447 g/mol. The van der Waals surface area contributed by atoms with E-state index >= 15 is 0 Å². The SMILES string of the molecule is O=NC(CCC(=O)O)c1ccc(CCCCN2CCN(c3cccc(C(F)(F)F)c3)CC2)cc1. The molecule has 2 aromatic carbocycles. The first-order chi connectivity index (χ1) is 16.3. The van der Waals surface area contributed by atoms with Gasteiger partial charge in [0.25, 0.3) is 0 Å². The minimum Gasteiger partial charge on any atom is -0.481 e. The Kier molecular flexibility index (Phi) is 9.04. The van der Waals surface area contributed by atoms with Crippen LogP contribution < -0.4 is 4.90 Å². The first-order valence-electron chi connectivity index (χ1n) is 11.5. The number of piperazine rings is 1. The second-order valence-electron chi connectivity index (χ2n) is 8.63. The molecule has 1 aliphatic rings. The van der Waals surface area contributed by atoms with Crippen LogP contribution in [-0.4, -0.2) is 48.7 Å². The molecule has 1 N–H and O–H groups in total. The first kappa shape index (κ1) is 25.7. The summed E-state index contributed by atoms with van der Waals surface area (Å²) in [5, 5.41) is 11.8. The van der Waals surface area contributed by atoms with E-state index in [1.807, 2.05) is 29.2 Å². The van der Waals surface area contributed by atoms with Crippen molar-refractivity contribution in [1.29, 1.82) is 0 Å². The molecule has 0 saturated carbocycles. The van der Waals surface area contributed by atoms with Gasteiger partial charge in [-0.2, -0.15) is 18.1 Å². The van der Waals surface area contributed by atoms with Crippen LogP contribution in [-0.2, 0) is 17.4 Å².